The molecule has 1 atom stereocenters. The van der Waals surface area contributed by atoms with Crippen LogP contribution in [0.5, 0.6) is 0 Å². The number of amides is 1. The van der Waals surface area contributed by atoms with E-state index in [-0.39, 0.29) is 12.2 Å². The number of hydrogen-bond donors (Lipinski definition) is 1. The van der Waals surface area contributed by atoms with Gasteiger partial charge in [-0.15, -0.1) is 0 Å². The van der Waals surface area contributed by atoms with Gasteiger partial charge < -0.3 is 15.4 Å². The van der Waals surface area contributed by atoms with Crippen LogP contribution in [0.4, 0.5) is 16.3 Å². The maximum atomic E-state index is 11.9. The third-order valence-corrected chi connectivity index (χ3v) is 3.84. The fraction of sp³-hybridized carbons (Fsp3) is 0.294. The van der Waals surface area contributed by atoms with E-state index >= 15 is 0 Å². The molecule has 1 saturated heterocycles. The van der Waals surface area contributed by atoms with Gasteiger partial charge in [-0.25, -0.2) is 9.78 Å². The molecule has 6 heteroatoms. The minimum Gasteiger partial charge on any atom is -0.443 e. The van der Waals surface area contributed by atoms with Gasteiger partial charge in [0, 0.05) is 38.1 Å². The lowest BCUT2D eigenvalue weighted by Crippen LogP contribution is -2.27. The predicted octanol–water partition coefficient (Wildman–Crippen LogP) is 2.10. The molecule has 0 aliphatic carbocycles. The zero-order valence-electron chi connectivity index (χ0n) is 13.3. The summed E-state index contributed by atoms with van der Waals surface area (Å²) in [5.41, 5.74) is 8.47. The first-order chi connectivity index (χ1) is 11.1. The highest BCUT2D eigenvalue weighted by atomic mass is 16.6. The van der Waals surface area contributed by atoms with Crippen LogP contribution in [0.2, 0.25) is 0 Å². The molecule has 1 aliphatic rings. The number of anilines is 2. The van der Waals surface area contributed by atoms with Crippen LogP contribution in [-0.2, 0) is 4.74 Å². The molecule has 1 amide bonds. The van der Waals surface area contributed by atoms with Crippen molar-refractivity contribution in [3.63, 3.8) is 0 Å². The van der Waals surface area contributed by atoms with Crippen molar-refractivity contribution in [1.82, 2.24) is 4.98 Å². The fourth-order valence-electron chi connectivity index (χ4n) is 2.65. The van der Waals surface area contributed by atoms with Gasteiger partial charge in [-0.05, 0) is 29.8 Å². The normalized spacial score (nSPS) is 17.3. The van der Waals surface area contributed by atoms with E-state index in [1.807, 2.05) is 55.4 Å². The lowest BCUT2D eigenvalue weighted by molar-refractivity contribution is 0.145. The molecule has 1 aliphatic heterocycles. The minimum absolute atomic E-state index is 0.235. The van der Waals surface area contributed by atoms with E-state index in [4.69, 9.17) is 10.5 Å². The van der Waals surface area contributed by atoms with Gasteiger partial charge in [0.25, 0.3) is 0 Å². The molecule has 0 radical (unpaired) electrons. The molecule has 2 aromatic rings. The summed E-state index contributed by atoms with van der Waals surface area (Å²) in [6, 6.07) is 11.8. The highest BCUT2D eigenvalue weighted by molar-refractivity contribution is 5.90. The second kappa shape index (κ2) is 6.26. The molecule has 6 nitrogen and oxygen atoms in total. The van der Waals surface area contributed by atoms with Crippen LogP contribution in [0.1, 0.15) is 0 Å². The number of hydrogen-bond acceptors (Lipinski definition) is 5. The van der Waals surface area contributed by atoms with Gasteiger partial charge in [0.15, 0.2) is 0 Å². The lowest BCUT2D eigenvalue weighted by atomic mass is 10.1. The van der Waals surface area contributed by atoms with Gasteiger partial charge in [0.05, 0.1) is 6.54 Å². The Labute approximate surface area is 135 Å². The Kier molecular flexibility index (Phi) is 4.16. The summed E-state index contributed by atoms with van der Waals surface area (Å²) < 4.78 is 5.19. The SMILES string of the molecule is CN(C)c1ncccc1-c1ccc(N2C[C@H](CN)OC2=O)cc1. The Hall–Kier alpha value is -2.60. The Morgan fingerprint density at radius 2 is 2.04 bits per heavy atom. The highest BCUT2D eigenvalue weighted by Gasteiger charge is 2.31. The number of nitrogens with two attached hydrogens (primary N) is 1. The summed E-state index contributed by atoms with van der Waals surface area (Å²) in [6.07, 6.45) is 1.20. The van der Waals surface area contributed by atoms with Crippen molar-refractivity contribution in [1.29, 1.82) is 0 Å². The van der Waals surface area contributed by atoms with E-state index in [2.05, 4.69) is 4.98 Å². The molecule has 1 aromatic carbocycles. The molecule has 2 heterocycles. The second-order valence-electron chi connectivity index (χ2n) is 5.67. The van der Waals surface area contributed by atoms with Gasteiger partial charge in [-0.1, -0.05) is 12.1 Å². The smallest absolute Gasteiger partial charge is 0.414 e. The van der Waals surface area contributed by atoms with Crippen molar-refractivity contribution in [3.05, 3.63) is 42.6 Å². The van der Waals surface area contributed by atoms with Crippen LogP contribution in [0, 0.1) is 0 Å². The number of benzene rings is 1. The Bertz CT molecular complexity index is 700. The molecule has 0 unspecified atom stereocenters. The first-order valence-corrected chi connectivity index (χ1v) is 7.51. The summed E-state index contributed by atoms with van der Waals surface area (Å²) in [7, 11) is 3.93. The molecule has 0 spiro atoms. The summed E-state index contributed by atoms with van der Waals surface area (Å²) in [6.45, 7) is 0.826. The Morgan fingerprint density at radius 3 is 2.65 bits per heavy atom. The van der Waals surface area contributed by atoms with Gasteiger partial charge in [0.2, 0.25) is 0 Å². The lowest BCUT2D eigenvalue weighted by Gasteiger charge is -2.17. The molecular weight excluding hydrogens is 292 g/mol. The quantitative estimate of drug-likeness (QED) is 0.936. The molecule has 3 rings (SSSR count). The number of pyridine rings is 1. The number of cyclic esters (lactones) is 1. The van der Waals surface area contributed by atoms with Crippen molar-refractivity contribution in [2.24, 2.45) is 5.73 Å². The number of nitrogens with zero attached hydrogens (tertiary/aromatic N) is 3. The maximum Gasteiger partial charge on any atom is 0.414 e. The second-order valence-corrected chi connectivity index (χ2v) is 5.67. The van der Waals surface area contributed by atoms with Crippen LogP contribution >= 0.6 is 0 Å². The zero-order valence-corrected chi connectivity index (χ0v) is 13.3. The molecular formula is C17H20N4O2. The predicted molar refractivity (Wildman–Crippen MR) is 90.7 cm³/mol. The first-order valence-electron chi connectivity index (χ1n) is 7.51. The number of carbonyl (C=O) groups excluding carboxylic acids is 1. The molecule has 23 heavy (non-hydrogen) atoms. The third-order valence-electron chi connectivity index (χ3n) is 3.84. The van der Waals surface area contributed by atoms with E-state index in [0.29, 0.717) is 13.1 Å². The molecule has 0 bridgehead atoms. The van der Waals surface area contributed by atoms with Gasteiger partial charge in [-0.2, -0.15) is 0 Å². The average Bonchev–Trinajstić information content (AvgIpc) is 2.96. The van der Waals surface area contributed by atoms with Gasteiger partial charge in [0.1, 0.15) is 11.9 Å². The molecule has 120 valence electrons. The van der Waals surface area contributed by atoms with Crippen molar-refractivity contribution in [2.45, 2.75) is 6.10 Å². The van der Waals surface area contributed by atoms with E-state index in [0.717, 1.165) is 22.6 Å². The van der Waals surface area contributed by atoms with Gasteiger partial charge >= 0.3 is 6.09 Å². The number of rotatable bonds is 4. The van der Waals surface area contributed by atoms with Crippen molar-refractivity contribution < 1.29 is 9.53 Å². The summed E-state index contributed by atoms with van der Waals surface area (Å²) in [4.78, 5) is 19.9. The van der Waals surface area contributed by atoms with E-state index in [1.165, 1.54) is 0 Å². The maximum absolute atomic E-state index is 11.9. The summed E-state index contributed by atoms with van der Waals surface area (Å²) >= 11 is 0. The van der Waals surface area contributed by atoms with Crippen molar-refractivity contribution >= 4 is 17.6 Å². The zero-order chi connectivity index (χ0) is 16.4. The first kappa shape index (κ1) is 15.3. The van der Waals surface area contributed by atoms with Crippen molar-refractivity contribution in [2.75, 3.05) is 37.0 Å². The Balaban J connectivity index is 1.87. The van der Waals surface area contributed by atoms with Crippen LogP contribution in [0.15, 0.2) is 42.6 Å². The number of aromatic nitrogens is 1. The third kappa shape index (κ3) is 2.98. The van der Waals surface area contributed by atoms with Crippen LogP contribution in [0.3, 0.4) is 0 Å². The standard InChI is InChI=1S/C17H20N4O2/c1-20(2)16-15(4-3-9-19-16)12-5-7-13(8-6-12)21-11-14(10-18)23-17(21)22/h3-9,14H,10-11,18H2,1-2H3/t14-/m0/s1. The Morgan fingerprint density at radius 1 is 1.30 bits per heavy atom. The van der Waals surface area contributed by atoms with Crippen molar-refractivity contribution in [3.8, 4) is 11.1 Å². The molecule has 2 N–H and O–H groups in total. The fourth-order valence-corrected chi connectivity index (χ4v) is 2.65. The topological polar surface area (TPSA) is 71.7 Å². The largest absolute Gasteiger partial charge is 0.443 e. The van der Waals surface area contributed by atoms with E-state index < -0.39 is 0 Å². The highest BCUT2D eigenvalue weighted by Crippen LogP contribution is 2.30. The number of ether oxygens (including phenoxy) is 1. The average molecular weight is 312 g/mol. The summed E-state index contributed by atoms with van der Waals surface area (Å²) in [5.74, 6) is 0.907. The van der Waals surface area contributed by atoms with Crippen LogP contribution in [0.25, 0.3) is 11.1 Å². The molecule has 1 aromatic heterocycles. The minimum atomic E-state index is -0.344. The van der Waals surface area contributed by atoms with Gasteiger partial charge in [-0.3, -0.25) is 4.90 Å². The van der Waals surface area contributed by atoms with Crippen LogP contribution < -0.4 is 15.5 Å². The molecule has 1 fully saturated rings. The molecule has 0 saturated carbocycles. The number of carbonyl (C=O) groups is 1. The van der Waals surface area contributed by atoms with E-state index in [1.54, 1.807) is 11.1 Å². The van der Waals surface area contributed by atoms with E-state index in [9.17, 15) is 4.79 Å². The summed E-state index contributed by atoms with van der Waals surface area (Å²) in [5, 5.41) is 0. The van der Waals surface area contributed by atoms with Crippen LogP contribution in [-0.4, -0.2) is 44.4 Å². The monoisotopic (exact) mass is 312 g/mol.